The van der Waals surface area contributed by atoms with Crippen molar-refractivity contribution in [3.63, 3.8) is 0 Å². The molecule has 4 N–H and O–H groups in total. The highest BCUT2D eigenvalue weighted by molar-refractivity contribution is 6.03. The number of hydrogen-bond donors (Lipinski definition) is 4. The monoisotopic (exact) mass is 653 g/mol. The van der Waals surface area contributed by atoms with Crippen LogP contribution in [-0.4, -0.2) is 65.4 Å². The van der Waals surface area contributed by atoms with Crippen molar-refractivity contribution >= 4 is 23.7 Å². The molecule has 1 aliphatic rings. The molecule has 2 unspecified atom stereocenters. The van der Waals surface area contributed by atoms with Gasteiger partial charge in [0.05, 0.1) is 18.2 Å². The van der Waals surface area contributed by atoms with E-state index in [2.05, 4.69) is 46.0 Å². The molecule has 1 saturated carbocycles. The lowest BCUT2D eigenvalue weighted by atomic mass is 10.2. The van der Waals surface area contributed by atoms with Crippen LogP contribution in [0, 0.1) is 17.2 Å². The van der Waals surface area contributed by atoms with Crippen LogP contribution >= 0.6 is 0 Å². The number of ether oxygens (including phenoxy) is 2. The quantitative estimate of drug-likeness (QED) is 0.146. The Kier molecular flexibility index (Phi) is 8.65. The first-order chi connectivity index (χ1) is 24.0. The van der Waals surface area contributed by atoms with Gasteiger partial charge in [-0.1, -0.05) is 18.2 Å². The summed E-state index contributed by atoms with van der Waals surface area (Å²) in [7, 11) is 0. The average Bonchev–Trinajstić information content (AvgIpc) is 3.51. The van der Waals surface area contributed by atoms with E-state index in [9.17, 15) is 9.59 Å². The number of aromatic nitrogens is 8. The Morgan fingerprint density at radius 3 is 2.35 bits per heavy atom. The summed E-state index contributed by atoms with van der Waals surface area (Å²) in [5, 5.41) is 30.5. The van der Waals surface area contributed by atoms with Gasteiger partial charge in [0.15, 0.2) is 18.3 Å². The van der Waals surface area contributed by atoms with Gasteiger partial charge in [0, 0.05) is 29.3 Å². The second kappa shape index (κ2) is 13.8. The maximum atomic E-state index is 12.7. The van der Waals surface area contributed by atoms with E-state index >= 15 is 0 Å². The molecule has 0 radical (unpaired) electrons. The van der Waals surface area contributed by atoms with Crippen LogP contribution in [0.15, 0.2) is 91.1 Å². The summed E-state index contributed by atoms with van der Waals surface area (Å²) in [6.07, 6.45) is 2.57. The number of H-pyrrole nitrogens is 2. The van der Waals surface area contributed by atoms with Gasteiger partial charge in [-0.15, -0.1) is 20.4 Å². The molecular weight excluding hydrogens is 626 g/mol. The highest BCUT2D eigenvalue weighted by Crippen LogP contribution is 2.47. The molecule has 15 heteroatoms. The molecule has 6 aromatic rings. The standard InChI is InChI=1S/C34H27N11O4/c35-17-20-5-3-6-24(15-20)49-19-29(46)38-33-40-31(43-44-33)28-9-4-8-26(37-28)25-16-22(25)18-48-23-12-10-21(11-13-23)32(47)41-34-39-30(42-45-34)27-7-1-2-14-36-27/h1-15,22,25H,16,18-19H2,(H2,38,40,43,44,46)(H2,39,41,42,45,47). The van der Waals surface area contributed by atoms with Gasteiger partial charge in [-0.25, -0.2) is 4.98 Å². The Bertz CT molecular complexity index is 2140. The summed E-state index contributed by atoms with van der Waals surface area (Å²) < 4.78 is 11.5. The van der Waals surface area contributed by atoms with E-state index in [1.54, 1.807) is 66.9 Å². The van der Waals surface area contributed by atoms with E-state index < -0.39 is 5.91 Å². The van der Waals surface area contributed by atoms with Crippen molar-refractivity contribution < 1.29 is 19.1 Å². The fourth-order valence-corrected chi connectivity index (χ4v) is 5.01. The van der Waals surface area contributed by atoms with Gasteiger partial charge in [0.1, 0.15) is 22.9 Å². The maximum absolute atomic E-state index is 12.7. The first-order valence-electron chi connectivity index (χ1n) is 15.2. The molecule has 7 rings (SSSR count). The van der Waals surface area contributed by atoms with Crippen molar-refractivity contribution in [2.75, 3.05) is 23.8 Å². The summed E-state index contributed by atoms with van der Waals surface area (Å²) in [6, 6.07) is 26.6. The van der Waals surface area contributed by atoms with Crippen LogP contribution in [0.5, 0.6) is 11.5 Å². The number of rotatable bonds is 12. The normalized spacial score (nSPS) is 14.8. The number of amides is 2. The minimum atomic E-state index is -0.437. The van der Waals surface area contributed by atoms with Crippen molar-refractivity contribution in [3.8, 4) is 40.6 Å². The zero-order chi connectivity index (χ0) is 33.6. The van der Waals surface area contributed by atoms with Gasteiger partial charge in [0.2, 0.25) is 11.9 Å². The molecule has 2 atom stereocenters. The highest BCUT2D eigenvalue weighted by atomic mass is 16.5. The van der Waals surface area contributed by atoms with Crippen molar-refractivity contribution in [1.82, 2.24) is 40.3 Å². The molecule has 15 nitrogen and oxygen atoms in total. The zero-order valence-electron chi connectivity index (χ0n) is 25.7. The number of anilines is 2. The molecule has 0 saturated heterocycles. The summed E-state index contributed by atoms with van der Waals surface area (Å²) in [5.74, 6) is 2.05. The SMILES string of the molecule is N#Cc1cccc(OCC(=O)Nc2nnc(-c3cccc(C4CC4COc4ccc(C(=O)Nc5nnc(-c6ccccn6)[nH]5)cc4)n3)[nH]2)c1. The van der Waals surface area contributed by atoms with Gasteiger partial charge >= 0.3 is 0 Å². The third kappa shape index (κ3) is 7.55. The van der Waals surface area contributed by atoms with Crippen LogP contribution in [0.4, 0.5) is 11.9 Å². The van der Waals surface area contributed by atoms with E-state index in [1.807, 2.05) is 30.3 Å². The van der Waals surface area contributed by atoms with Gasteiger partial charge in [-0.05, 0) is 73.2 Å². The number of hydrogen-bond acceptors (Lipinski definition) is 11. The highest BCUT2D eigenvalue weighted by Gasteiger charge is 2.40. The molecular formula is C34H27N11O4. The first kappa shape index (κ1) is 30.7. The second-order valence-corrected chi connectivity index (χ2v) is 11.1. The Morgan fingerprint density at radius 2 is 1.57 bits per heavy atom. The minimum Gasteiger partial charge on any atom is -0.493 e. The van der Waals surface area contributed by atoms with Crippen molar-refractivity contribution in [2.24, 2.45) is 5.92 Å². The van der Waals surface area contributed by atoms with Crippen LogP contribution in [-0.2, 0) is 4.79 Å². The second-order valence-electron chi connectivity index (χ2n) is 11.1. The number of aromatic amines is 2. The smallest absolute Gasteiger partial charge is 0.264 e. The zero-order valence-corrected chi connectivity index (χ0v) is 25.7. The fourth-order valence-electron chi connectivity index (χ4n) is 5.01. The van der Waals surface area contributed by atoms with E-state index in [0.717, 1.165) is 12.1 Å². The lowest BCUT2D eigenvalue weighted by Gasteiger charge is -2.07. The minimum absolute atomic E-state index is 0.162. The molecule has 2 aromatic carbocycles. The van der Waals surface area contributed by atoms with E-state index in [1.165, 1.54) is 0 Å². The average molecular weight is 654 g/mol. The summed E-state index contributed by atoms with van der Waals surface area (Å²) in [6.45, 7) is 0.235. The molecule has 1 fully saturated rings. The van der Waals surface area contributed by atoms with Crippen molar-refractivity contribution in [2.45, 2.75) is 12.3 Å². The number of carbonyl (C=O) groups is 2. The van der Waals surface area contributed by atoms with Crippen LogP contribution in [0.2, 0.25) is 0 Å². The number of nitriles is 1. The maximum Gasteiger partial charge on any atom is 0.264 e. The predicted molar refractivity (Wildman–Crippen MR) is 175 cm³/mol. The molecule has 4 aromatic heterocycles. The number of pyridine rings is 2. The molecule has 0 spiro atoms. The topological polar surface area (TPSA) is 209 Å². The lowest BCUT2D eigenvalue weighted by molar-refractivity contribution is -0.118. The number of nitrogens with one attached hydrogen (secondary N) is 4. The molecule has 242 valence electrons. The van der Waals surface area contributed by atoms with Crippen molar-refractivity contribution in [3.05, 3.63) is 108 Å². The summed E-state index contributed by atoms with van der Waals surface area (Å²) in [4.78, 5) is 40.0. The molecule has 0 aliphatic heterocycles. The van der Waals surface area contributed by atoms with Gasteiger partial charge in [-0.3, -0.25) is 25.2 Å². The van der Waals surface area contributed by atoms with Gasteiger partial charge in [-0.2, -0.15) is 5.26 Å². The Balaban J connectivity index is 0.877. The number of nitrogens with zero attached hydrogens (tertiary/aromatic N) is 7. The summed E-state index contributed by atoms with van der Waals surface area (Å²) >= 11 is 0. The third-order valence-electron chi connectivity index (χ3n) is 7.60. The van der Waals surface area contributed by atoms with E-state index in [-0.39, 0.29) is 36.2 Å². The van der Waals surface area contributed by atoms with Gasteiger partial charge in [0.25, 0.3) is 11.8 Å². The Morgan fingerprint density at radius 1 is 0.816 bits per heavy atom. The van der Waals surface area contributed by atoms with Crippen LogP contribution in [0.1, 0.15) is 34.0 Å². The molecule has 0 bridgehead atoms. The largest absolute Gasteiger partial charge is 0.493 e. The Hall–Kier alpha value is -6.95. The first-order valence-corrected chi connectivity index (χ1v) is 15.2. The Labute approximate surface area is 278 Å². The molecule has 49 heavy (non-hydrogen) atoms. The molecule has 4 heterocycles. The fraction of sp³-hybridized carbons (Fsp3) is 0.147. The van der Waals surface area contributed by atoms with Gasteiger partial charge < -0.3 is 19.4 Å². The van der Waals surface area contributed by atoms with E-state index in [0.29, 0.717) is 52.3 Å². The summed E-state index contributed by atoms with van der Waals surface area (Å²) in [5.41, 5.74) is 3.00. The van der Waals surface area contributed by atoms with E-state index in [4.69, 9.17) is 19.7 Å². The van der Waals surface area contributed by atoms with Crippen LogP contribution < -0.4 is 20.1 Å². The van der Waals surface area contributed by atoms with Crippen LogP contribution in [0.25, 0.3) is 23.0 Å². The van der Waals surface area contributed by atoms with Crippen molar-refractivity contribution in [1.29, 1.82) is 5.26 Å². The number of benzene rings is 2. The lowest BCUT2D eigenvalue weighted by Crippen LogP contribution is -2.20. The third-order valence-corrected chi connectivity index (χ3v) is 7.60. The molecule has 2 amide bonds. The predicted octanol–water partition coefficient (Wildman–Crippen LogP) is 4.37. The molecule has 1 aliphatic carbocycles. The number of carbonyl (C=O) groups excluding carboxylic acids is 2. The van der Waals surface area contributed by atoms with Crippen LogP contribution in [0.3, 0.4) is 0 Å².